The quantitative estimate of drug-likeness (QED) is 0.759. The minimum atomic E-state index is -3.86. The van der Waals surface area contributed by atoms with Crippen LogP contribution in [-0.2, 0) is 19.6 Å². The van der Waals surface area contributed by atoms with Crippen molar-refractivity contribution in [1.82, 2.24) is 0 Å². The Hall–Kier alpha value is -3.22. The molecule has 0 aliphatic rings. The van der Waals surface area contributed by atoms with Gasteiger partial charge in [0.1, 0.15) is 0 Å². The SMILES string of the molecule is C[C@H](OC(=O)c1ccc(S(N)(=O)=O)cc1)C(=O)Nc1cccc(C#N)c1. The first-order valence-corrected chi connectivity index (χ1v) is 8.90. The Kier molecular flexibility index (Phi) is 5.71. The van der Waals surface area contributed by atoms with Crippen molar-refractivity contribution in [3.63, 3.8) is 0 Å². The Morgan fingerprint density at radius 1 is 1.19 bits per heavy atom. The maximum absolute atomic E-state index is 12.1. The maximum Gasteiger partial charge on any atom is 0.338 e. The molecule has 2 aromatic carbocycles. The van der Waals surface area contributed by atoms with Crippen LogP contribution in [0.2, 0.25) is 0 Å². The number of anilines is 1. The number of nitrogens with one attached hydrogen (secondary N) is 1. The molecule has 1 amide bonds. The van der Waals surface area contributed by atoms with Crippen LogP contribution in [0.15, 0.2) is 53.4 Å². The van der Waals surface area contributed by atoms with E-state index in [1.807, 2.05) is 6.07 Å². The Labute approximate surface area is 150 Å². The van der Waals surface area contributed by atoms with Gasteiger partial charge in [0.25, 0.3) is 5.91 Å². The third kappa shape index (κ3) is 4.89. The van der Waals surface area contributed by atoms with Gasteiger partial charge in [-0.25, -0.2) is 18.4 Å². The summed E-state index contributed by atoms with van der Waals surface area (Å²) in [4.78, 5) is 24.0. The molecule has 26 heavy (non-hydrogen) atoms. The van der Waals surface area contributed by atoms with Crippen LogP contribution in [0.3, 0.4) is 0 Å². The van der Waals surface area contributed by atoms with Gasteiger partial charge in [-0.05, 0) is 49.4 Å². The lowest BCUT2D eigenvalue weighted by molar-refractivity contribution is -0.123. The van der Waals surface area contributed by atoms with E-state index in [9.17, 15) is 18.0 Å². The van der Waals surface area contributed by atoms with Gasteiger partial charge in [0.15, 0.2) is 6.10 Å². The molecule has 2 rings (SSSR count). The number of sulfonamides is 1. The van der Waals surface area contributed by atoms with Crippen molar-refractivity contribution in [2.24, 2.45) is 5.14 Å². The normalized spacial score (nSPS) is 11.9. The molecule has 2 aromatic rings. The van der Waals surface area contributed by atoms with E-state index in [0.717, 1.165) is 0 Å². The van der Waals surface area contributed by atoms with Crippen LogP contribution in [-0.4, -0.2) is 26.4 Å². The van der Waals surface area contributed by atoms with Gasteiger partial charge in [0.05, 0.1) is 22.1 Å². The van der Waals surface area contributed by atoms with E-state index in [0.29, 0.717) is 11.3 Å². The van der Waals surface area contributed by atoms with Gasteiger partial charge in [-0.2, -0.15) is 5.26 Å². The molecule has 0 aliphatic carbocycles. The lowest BCUT2D eigenvalue weighted by Crippen LogP contribution is -2.30. The molecule has 0 spiro atoms. The van der Waals surface area contributed by atoms with Gasteiger partial charge in [-0.3, -0.25) is 4.79 Å². The molecule has 0 heterocycles. The number of hydrogen-bond acceptors (Lipinski definition) is 6. The Morgan fingerprint density at radius 2 is 1.85 bits per heavy atom. The fourth-order valence-electron chi connectivity index (χ4n) is 1.97. The van der Waals surface area contributed by atoms with Crippen LogP contribution in [0.5, 0.6) is 0 Å². The summed E-state index contributed by atoms with van der Waals surface area (Å²) >= 11 is 0. The molecule has 1 atom stereocenters. The molecule has 0 saturated carbocycles. The number of carbonyl (C=O) groups excluding carboxylic acids is 2. The number of primary sulfonamides is 1. The van der Waals surface area contributed by atoms with Crippen molar-refractivity contribution < 1.29 is 22.7 Å². The lowest BCUT2D eigenvalue weighted by Gasteiger charge is -2.13. The smallest absolute Gasteiger partial charge is 0.338 e. The van der Waals surface area contributed by atoms with Crippen LogP contribution >= 0.6 is 0 Å². The minimum Gasteiger partial charge on any atom is -0.449 e. The highest BCUT2D eigenvalue weighted by Gasteiger charge is 2.19. The average Bonchev–Trinajstić information content (AvgIpc) is 2.61. The van der Waals surface area contributed by atoms with Gasteiger partial charge in [-0.15, -0.1) is 0 Å². The molecule has 0 unspecified atom stereocenters. The Morgan fingerprint density at radius 3 is 2.42 bits per heavy atom. The largest absolute Gasteiger partial charge is 0.449 e. The predicted molar refractivity (Wildman–Crippen MR) is 92.5 cm³/mol. The summed E-state index contributed by atoms with van der Waals surface area (Å²) in [6.07, 6.45) is -1.11. The number of esters is 1. The first-order valence-electron chi connectivity index (χ1n) is 7.35. The van der Waals surface area contributed by atoms with Gasteiger partial charge in [-0.1, -0.05) is 6.07 Å². The van der Waals surface area contributed by atoms with E-state index in [1.54, 1.807) is 18.2 Å². The molecule has 0 saturated heterocycles. The number of hydrogen-bond donors (Lipinski definition) is 2. The standard InChI is InChI=1S/C17H15N3O5S/c1-11(16(21)20-14-4-2-3-12(9-14)10-18)25-17(22)13-5-7-15(8-6-13)26(19,23)24/h2-9,11H,1H3,(H,20,21)(H2,19,23,24)/t11-/m0/s1. The molecule has 134 valence electrons. The molecule has 9 heteroatoms. The van der Waals surface area contributed by atoms with Crippen molar-refractivity contribution in [3.05, 3.63) is 59.7 Å². The topological polar surface area (TPSA) is 139 Å². The summed E-state index contributed by atoms with van der Waals surface area (Å²) in [6, 6.07) is 13.0. The van der Waals surface area contributed by atoms with E-state index >= 15 is 0 Å². The van der Waals surface area contributed by atoms with Crippen molar-refractivity contribution in [2.45, 2.75) is 17.9 Å². The predicted octanol–water partition coefficient (Wildman–Crippen LogP) is 1.39. The fraction of sp³-hybridized carbons (Fsp3) is 0.118. The summed E-state index contributed by atoms with van der Waals surface area (Å²) in [6.45, 7) is 1.39. The second-order valence-corrected chi connectivity index (χ2v) is 6.86. The van der Waals surface area contributed by atoms with E-state index in [1.165, 1.54) is 37.3 Å². The van der Waals surface area contributed by atoms with Crippen LogP contribution in [0, 0.1) is 11.3 Å². The number of nitrogens with zero attached hydrogens (tertiary/aromatic N) is 1. The number of nitriles is 1. The molecule has 0 aromatic heterocycles. The summed E-state index contributed by atoms with van der Waals surface area (Å²) < 4.78 is 27.4. The zero-order valence-corrected chi connectivity index (χ0v) is 14.5. The van der Waals surface area contributed by atoms with Crippen molar-refractivity contribution in [1.29, 1.82) is 5.26 Å². The maximum atomic E-state index is 12.1. The first-order chi connectivity index (χ1) is 12.2. The Bertz CT molecular complexity index is 978. The number of rotatable bonds is 5. The molecule has 0 bridgehead atoms. The minimum absolute atomic E-state index is 0.0727. The number of amides is 1. The number of ether oxygens (including phenoxy) is 1. The van der Waals surface area contributed by atoms with E-state index < -0.39 is 28.0 Å². The van der Waals surface area contributed by atoms with Gasteiger partial charge < -0.3 is 10.1 Å². The van der Waals surface area contributed by atoms with E-state index in [-0.39, 0.29) is 10.5 Å². The zero-order valence-electron chi connectivity index (χ0n) is 13.7. The van der Waals surface area contributed by atoms with Gasteiger partial charge in [0, 0.05) is 5.69 Å². The summed E-state index contributed by atoms with van der Waals surface area (Å²) in [5.74, 6) is -1.37. The highest BCUT2D eigenvalue weighted by atomic mass is 32.2. The molecule has 0 aliphatic heterocycles. The average molecular weight is 373 g/mol. The zero-order chi connectivity index (χ0) is 19.3. The second-order valence-electron chi connectivity index (χ2n) is 5.30. The third-order valence-electron chi connectivity index (χ3n) is 3.33. The summed E-state index contributed by atoms with van der Waals surface area (Å²) in [5.41, 5.74) is 0.848. The highest BCUT2D eigenvalue weighted by molar-refractivity contribution is 7.89. The monoisotopic (exact) mass is 373 g/mol. The first kappa shape index (κ1) is 19.1. The summed E-state index contributed by atoms with van der Waals surface area (Å²) in [5, 5.41) is 16.4. The van der Waals surface area contributed by atoms with Crippen LogP contribution < -0.4 is 10.5 Å². The fourth-order valence-corrected chi connectivity index (χ4v) is 2.49. The van der Waals surface area contributed by atoms with E-state index in [2.05, 4.69) is 5.32 Å². The van der Waals surface area contributed by atoms with Crippen molar-refractivity contribution in [3.8, 4) is 6.07 Å². The van der Waals surface area contributed by atoms with Gasteiger partial charge >= 0.3 is 5.97 Å². The number of carbonyl (C=O) groups is 2. The number of nitrogens with two attached hydrogens (primary N) is 1. The van der Waals surface area contributed by atoms with Crippen molar-refractivity contribution in [2.75, 3.05) is 5.32 Å². The van der Waals surface area contributed by atoms with Crippen LogP contribution in [0.1, 0.15) is 22.8 Å². The second kappa shape index (κ2) is 7.77. The molecule has 0 radical (unpaired) electrons. The van der Waals surface area contributed by atoms with Gasteiger partial charge in [0.2, 0.25) is 10.0 Å². The molecule has 3 N–H and O–H groups in total. The molecular weight excluding hydrogens is 358 g/mol. The Balaban J connectivity index is 2.01. The molecule has 0 fully saturated rings. The van der Waals surface area contributed by atoms with Crippen molar-refractivity contribution >= 4 is 27.6 Å². The van der Waals surface area contributed by atoms with E-state index in [4.69, 9.17) is 15.1 Å². The lowest BCUT2D eigenvalue weighted by atomic mass is 10.2. The van der Waals surface area contributed by atoms with Crippen LogP contribution in [0.25, 0.3) is 0 Å². The molecular formula is C17H15N3O5S. The molecule has 8 nitrogen and oxygen atoms in total. The summed E-state index contributed by atoms with van der Waals surface area (Å²) in [7, 11) is -3.86. The third-order valence-corrected chi connectivity index (χ3v) is 4.26. The highest BCUT2D eigenvalue weighted by Crippen LogP contribution is 2.13. The van der Waals surface area contributed by atoms with Crippen LogP contribution in [0.4, 0.5) is 5.69 Å². The number of benzene rings is 2.